The van der Waals surface area contributed by atoms with Crippen molar-refractivity contribution in [1.82, 2.24) is 9.88 Å². The third kappa shape index (κ3) is 4.99. The molecule has 1 amide bonds. The summed E-state index contributed by atoms with van der Waals surface area (Å²) in [6.45, 7) is 4.77. The van der Waals surface area contributed by atoms with E-state index in [1.807, 2.05) is 0 Å². The number of nitrogens with zero attached hydrogens (tertiary/aromatic N) is 2. The Bertz CT molecular complexity index is 687. The number of carboxylic acid groups (broad SMARTS) is 1. The number of aromatic nitrogens is 1. The van der Waals surface area contributed by atoms with Gasteiger partial charge in [0.1, 0.15) is 17.7 Å². The number of pyridine rings is 1. The zero-order chi connectivity index (χ0) is 19.7. The molecule has 0 saturated carbocycles. The molecule has 1 aromatic heterocycles. The van der Waals surface area contributed by atoms with E-state index in [2.05, 4.69) is 4.98 Å². The van der Waals surface area contributed by atoms with E-state index in [0.29, 0.717) is 0 Å². The second kappa shape index (κ2) is 7.00. The van der Waals surface area contributed by atoms with Crippen molar-refractivity contribution in [1.29, 1.82) is 0 Å². The highest BCUT2D eigenvalue weighted by molar-refractivity contribution is 5.81. The summed E-state index contributed by atoms with van der Waals surface area (Å²) in [6.07, 6.45) is -5.34. The zero-order valence-corrected chi connectivity index (χ0v) is 14.4. The number of carbonyl (C=O) groups is 2. The van der Waals surface area contributed by atoms with Gasteiger partial charge in [0.2, 0.25) is 5.88 Å². The molecule has 1 aliphatic heterocycles. The molecule has 0 aliphatic carbocycles. The molecule has 1 fully saturated rings. The van der Waals surface area contributed by atoms with Gasteiger partial charge < -0.3 is 14.6 Å². The van der Waals surface area contributed by atoms with Gasteiger partial charge >= 0.3 is 18.2 Å². The maximum Gasteiger partial charge on any atom is 0.416 e. The number of ether oxygens (including phenoxy) is 2. The first-order valence-electron chi connectivity index (χ1n) is 7.79. The normalized spacial score (nSPS) is 20.8. The van der Waals surface area contributed by atoms with Crippen LogP contribution < -0.4 is 4.74 Å². The van der Waals surface area contributed by atoms with Crippen LogP contribution in [0.3, 0.4) is 0 Å². The molecule has 2 atom stereocenters. The number of halogens is 3. The number of hydrogen-bond donors (Lipinski definition) is 1. The Labute approximate surface area is 147 Å². The van der Waals surface area contributed by atoms with Crippen LogP contribution in [0.1, 0.15) is 32.8 Å². The Morgan fingerprint density at radius 1 is 1.31 bits per heavy atom. The first-order valence-corrected chi connectivity index (χ1v) is 7.79. The Morgan fingerprint density at radius 2 is 1.96 bits per heavy atom. The topological polar surface area (TPSA) is 89.0 Å². The highest BCUT2D eigenvalue weighted by Crippen LogP contribution is 2.31. The van der Waals surface area contributed by atoms with Crippen LogP contribution in [0, 0.1) is 0 Å². The molecule has 1 aromatic rings. The monoisotopic (exact) mass is 376 g/mol. The van der Waals surface area contributed by atoms with E-state index in [1.165, 1.54) is 0 Å². The highest BCUT2D eigenvalue weighted by atomic mass is 19.4. The average Bonchev–Trinajstić information content (AvgIpc) is 2.89. The van der Waals surface area contributed by atoms with Crippen molar-refractivity contribution >= 4 is 12.1 Å². The largest absolute Gasteiger partial charge is 0.480 e. The molecule has 10 heteroatoms. The maximum absolute atomic E-state index is 12.7. The van der Waals surface area contributed by atoms with Crippen molar-refractivity contribution in [2.24, 2.45) is 0 Å². The lowest BCUT2D eigenvalue weighted by molar-refractivity contribution is -0.142. The summed E-state index contributed by atoms with van der Waals surface area (Å²) >= 11 is 0. The molecule has 2 heterocycles. The van der Waals surface area contributed by atoms with Crippen LogP contribution in [-0.4, -0.2) is 51.3 Å². The van der Waals surface area contributed by atoms with Crippen LogP contribution in [0.15, 0.2) is 18.3 Å². The van der Waals surface area contributed by atoms with Crippen molar-refractivity contribution in [3.63, 3.8) is 0 Å². The summed E-state index contributed by atoms with van der Waals surface area (Å²) in [5.74, 6) is -1.54. The van der Waals surface area contributed by atoms with Gasteiger partial charge in [-0.15, -0.1) is 0 Å². The average molecular weight is 376 g/mol. The first-order chi connectivity index (χ1) is 11.9. The molecule has 2 rings (SSSR count). The molecule has 1 saturated heterocycles. The zero-order valence-electron chi connectivity index (χ0n) is 14.4. The summed E-state index contributed by atoms with van der Waals surface area (Å²) < 4.78 is 48.8. The van der Waals surface area contributed by atoms with Gasteiger partial charge in [-0.25, -0.2) is 14.6 Å². The highest BCUT2D eigenvalue weighted by Gasteiger charge is 2.43. The SMILES string of the molecule is CC(C)(C)OC(=O)N1C[C@H](Oc2cc(C(F)(F)F)ccn2)C[C@H]1C(=O)O. The molecule has 1 aliphatic rings. The molecule has 26 heavy (non-hydrogen) atoms. The lowest BCUT2D eigenvalue weighted by Gasteiger charge is -2.26. The lowest BCUT2D eigenvalue weighted by atomic mass is 10.2. The second-order valence-electron chi connectivity index (χ2n) is 6.84. The fraction of sp³-hybridized carbons (Fsp3) is 0.562. The van der Waals surface area contributed by atoms with Crippen LogP contribution in [0.5, 0.6) is 5.88 Å². The van der Waals surface area contributed by atoms with Gasteiger partial charge in [0.25, 0.3) is 0 Å². The molecule has 1 N–H and O–H groups in total. The predicted octanol–water partition coefficient (Wildman–Crippen LogP) is 2.94. The number of alkyl halides is 3. The summed E-state index contributed by atoms with van der Waals surface area (Å²) in [7, 11) is 0. The van der Waals surface area contributed by atoms with Gasteiger partial charge in [-0.2, -0.15) is 13.2 Å². The van der Waals surface area contributed by atoms with Gasteiger partial charge in [-0.05, 0) is 26.8 Å². The van der Waals surface area contributed by atoms with E-state index in [-0.39, 0.29) is 18.8 Å². The van der Waals surface area contributed by atoms with E-state index in [4.69, 9.17) is 9.47 Å². The van der Waals surface area contributed by atoms with Crippen LogP contribution in [0.25, 0.3) is 0 Å². The van der Waals surface area contributed by atoms with Gasteiger partial charge in [0, 0.05) is 18.7 Å². The number of carboxylic acids is 1. The Balaban J connectivity index is 2.12. The van der Waals surface area contributed by atoms with E-state index in [0.717, 1.165) is 23.2 Å². The Hall–Kier alpha value is -2.52. The molecule has 0 aromatic carbocycles. The van der Waals surface area contributed by atoms with Crippen molar-refractivity contribution in [3.05, 3.63) is 23.9 Å². The number of hydrogen-bond acceptors (Lipinski definition) is 5. The molecule has 0 unspecified atom stereocenters. The van der Waals surface area contributed by atoms with Crippen molar-refractivity contribution in [2.45, 2.75) is 51.1 Å². The number of aliphatic carboxylic acids is 1. The van der Waals surface area contributed by atoms with Crippen LogP contribution in [0.2, 0.25) is 0 Å². The van der Waals surface area contributed by atoms with Crippen molar-refractivity contribution in [3.8, 4) is 5.88 Å². The first kappa shape index (κ1) is 19.8. The fourth-order valence-corrected chi connectivity index (χ4v) is 2.46. The van der Waals surface area contributed by atoms with Crippen LogP contribution in [-0.2, 0) is 15.7 Å². The second-order valence-corrected chi connectivity index (χ2v) is 6.84. The number of carbonyl (C=O) groups excluding carboxylic acids is 1. The summed E-state index contributed by atoms with van der Waals surface area (Å²) in [4.78, 5) is 28.3. The van der Waals surface area contributed by atoms with Crippen molar-refractivity contribution < 1.29 is 37.3 Å². The third-order valence-electron chi connectivity index (χ3n) is 3.53. The minimum atomic E-state index is -4.55. The Morgan fingerprint density at radius 3 is 2.50 bits per heavy atom. The third-order valence-corrected chi connectivity index (χ3v) is 3.53. The summed E-state index contributed by atoms with van der Waals surface area (Å²) in [6, 6.07) is 0.334. The summed E-state index contributed by atoms with van der Waals surface area (Å²) in [5, 5.41) is 9.30. The van der Waals surface area contributed by atoms with Gasteiger partial charge in [0.15, 0.2) is 0 Å². The minimum absolute atomic E-state index is 0.0908. The fourth-order valence-electron chi connectivity index (χ4n) is 2.46. The predicted molar refractivity (Wildman–Crippen MR) is 82.6 cm³/mol. The van der Waals surface area contributed by atoms with Crippen molar-refractivity contribution in [2.75, 3.05) is 6.54 Å². The number of rotatable bonds is 3. The van der Waals surface area contributed by atoms with E-state index in [1.54, 1.807) is 20.8 Å². The van der Waals surface area contributed by atoms with Crippen LogP contribution >= 0.6 is 0 Å². The summed E-state index contributed by atoms with van der Waals surface area (Å²) in [5.41, 5.74) is -1.75. The molecular weight excluding hydrogens is 357 g/mol. The quantitative estimate of drug-likeness (QED) is 0.873. The van der Waals surface area contributed by atoms with E-state index in [9.17, 15) is 27.9 Å². The van der Waals surface area contributed by atoms with Gasteiger partial charge in [-0.3, -0.25) is 4.90 Å². The van der Waals surface area contributed by atoms with Gasteiger partial charge in [-0.1, -0.05) is 0 Å². The molecule has 0 radical (unpaired) electrons. The smallest absolute Gasteiger partial charge is 0.416 e. The molecule has 0 spiro atoms. The van der Waals surface area contributed by atoms with Crippen LogP contribution in [0.4, 0.5) is 18.0 Å². The number of likely N-dealkylation sites (tertiary alicyclic amines) is 1. The standard InChI is InChI=1S/C16H19F3N2O5/c1-15(2,3)26-14(24)21-8-10(7-11(21)13(22)23)25-12-6-9(4-5-20-12)16(17,18)19/h4-6,10-11H,7-8H2,1-3H3,(H,22,23)/t10-,11+/m1/s1. The molecule has 144 valence electrons. The molecule has 7 nitrogen and oxygen atoms in total. The number of amides is 1. The Kier molecular flexibility index (Phi) is 5.33. The van der Waals surface area contributed by atoms with E-state index >= 15 is 0 Å². The molecule has 0 bridgehead atoms. The molecular formula is C16H19F3N2O5. The van der Waals surface area contributed by atoms with Gasteiger partial charge in [0.05, 0.1) is 12.1 Å². The van der Waals surface area contributed by atoms with E-state index < -0.39 is 41.5 Å². The minimum Gasteiger partial charge on any atom is -0.480 e. The maximum atomic E-state index is 12.7. The lowest BCUT2D eigenvalue weighted by Crippen LogP contribution is -2.43.